The van der Waals surface area contributed by atoms with Crippen molar-refractivity contribution in [2.45, 2.75) is 6.18 Å². The molecule has 10 heteroatoms. The Kier molecular flexibility index (Phi) is 4.73. The van der Waals surface area contributed by atoms with Crippen LogP contribution in [-0.4, -0.2) is 26.6 Å². The average molecular weight is 385 g/mol. The molecule has 0 unspecified atom stereocenters. The second-order valence-electron chi connectivity index (χ2n) is 5.11. The van der Waals surface area contributed by atoms with Crippen molar-refractivity contribution in [3.8, 4) is 29.2 Å². The normalized spacial score (nSPS) is 11.5. The van der Waals surface area contributed by atoms with E-state index in [0.717, 1.165) is 7.11 Å². The molecule has 6 nitrogen and oxygen atoms in total. The summed E-state index contributed by atoms with van der Waals surface area (Å²) >= 11 is 5.93. The first-order valence-corrected chi connectivity index (χ1v) is 7.62. The number of imidazole rings is 1. The molecule has 136 valence electrons. The average Bonchev–Trinajstić information content (AvgIpc) is 2.93. The van der Waals surface area contributed by atoms with Gasteiger partial charge in [-0.3, -0.25) is 0 Å². The fourth-order valence-electron chi connectivity index (χ4n) is 2.18. The van der Waals surface area contributed by atoms with Crippen LogP contribution in [0.4, 0.5) is 13.2 Å². The first kappa shape index (κ1) is 18.0. The summed E-state index contributed by atoms with van der Waals surface area (Å²) < 4.78 is 52.2. The van der Waals surface area contributed by atoms with E-state index < -0.39 is 23.5 Å². The van der Waals surface area contributed by atoms with E-state index in [0.29, 0.717) is 0 Å². The minimum Gasteiger partial charge on any atom is -0.480 e. The Balaban J connectivity index is 2.21. The second-order valence-corrected chi connectivity index (χ2v) is 5.50. The number of nitrogens with zero attached hydrogens (tertiary/aromatic N) is 4. The number of para-hydroxylation sites is 1. The van der Waals surface area contributed by atoms with Crippen molar-refractivity contribution in [3.05, 3.63) is 47.2 Å². The number of methoxy groups -OCH3 is 1. The standard InChI is InChI=1S/C16H12ClF3N4O2/c1-24-10(17)8-21-13(24)12-22-14(25-2)11(16(18,19)20)15(23-12)26-9-6-4-3-5-7-9/h3-8H,1-2H3. The Morgan fingerprint density at radius 3 is 2.27 bits per heavy atom. The number of hydrogen-bond donors (Lipinski definition) is 0. The zero-order valence-electron chi connectivity index (χ0n) is 13.6. The fraction of sp³-hybridized carbons (Fsp3) is 0.188. The SMILES string of the molecule is COc1nc(-c2ncc(Cl)n2C)nc(Oc2ccccc2)c1C(F)(F)F. The van der Waals surface area contributed by atoms with Crippen molar-refractivity contribution >= 4 is 11.6 Å². The maximum Gasteiger partial charge on any atom is 0.426 e. The van der Waals surface area contributed by atoms with Gasteiger partial charge in [0.1, 0.15) is 10.9 Å². The minimum absolute atomic E-state index is 0.116. The monoisotopic (exact) mass is 384 g/mol. The molecular formula is C16H12ClF3N4O2. The lowest BCUT2D eigenvalue weighted by Gasteiger charge is -2.16. The number of alkyl halides is 3. The number of benzene rings is 1. The lowest BCUT2D eigenvalue weighted by atomic mass is 10.3. The van der Waals surface area contributed by atoms with Gasteiger partial charge in [-0.1, -0.05) is 29.8 Å². The highest BCUT2D eigenvalue weighted by Crippen LogP contribution is 2.43. The van der Waals surface area contributed by atoms with E-state index in [9.17, 15) is 13.2 Å². The van der Waals surface area contributed by atoms with E-state index in [4.69, 9.17) is 21.1 Å². The summed E-state index contributed by atoms with van der Waals surface area (Å²) in [6, 6.07) is 7.97. The molecule has 0 bridgehead atoms. The van der Waals surface area contributed by atoms with Gasteiger partial charge in [0.25, 0.3) is 0 Å². The summed E-state index contributed by atoms with van der Waals surface area (Å²) in [7, 11) is 2.66. The molecule has 3 rings (SSSR count). The third-order valence-corrected chi connectivity index (χ3v) is 3.76. The molecule has 3 aromatic rings. The van der Waals surface area contributed by atoms with Gasteiger partial charge in [0.15, 0.2) is 11.4 Å². The summed E-state index contributed by atoms with van der Waals surface area (Å²) in [6.45, 7) is 0. The lowest BCUT2D eigenvalue weighted by Crippen LogP contribution is -2.13. The lowest BCUT2D eigenvalue weighted by molar-refractivity contribution is -0.140. The van der Waals surface area contributed by atoms with E-state index >= 15 is 0 Å². The smallest absolute Gasteiger partial charge is 0.426 e. The Labute approximate surface area is 151 Å². The van der Waals surface area contributed by atoms with E-state index in [2.05, 4.69) is 15.0 Å². The van der Waals surface area contributed by atoms with Crippen LogP contribution in [0.2, 0.25) is 5.15 Å². The van der Waals surface area contributed by atoms with Gasteiger partial charge in [0.2, 0.25) is 17.6 Å². The number of rotatable bonds is 4. The summed E-state index contributed by atoms with van der Waals surface area (Å²) in [4.78, 5) is 11.8. The van der Waals surface area contributed by atoms with Gasteiger partial charge < -0.3 is 14.0 Å². The number of hydrogen-bond acceptors (Lipinski definition) is 5. The van der Waals surface area contributed by atoms with Gasteiger partial charge >= 0.3 is 6.18 Å². The Hall–Kier alpha value is -2.81. The molecule has 0 aliphatic carbocycles. The van der Waals surface area contributed by atoms with Crippen LogP contribution in [0.15, 0.2) is 36.5 Å². The second kappa shape index (κ2) is 6.83. The molecule has 0 saturated heterocycles. The highest BCUT2D eigenvalue weighted by atomic mass is 35.5. The van der Waals surface area contributed by atoms with Crippen LogP contribution < -0.4 is 9.47 Å². The zero-order valence-corrected chi connectivity index (χ0v) is 14.3. The number of halogens is 4. The van der Waals surface area contributed by atoms with Crippen molar-refractivity contribution in [1.82, 2.24) is 19.5 Å². The largest absolute Gasteiger partial charge is 0.480 e. The van der Waals surface area contributed by atoms with Gasteiger partial charge in [-0.15, -0.1) is 0 Å². The fourth-order valence-corrected chi connectivity index (χ4v) is 2.31. The summed E-state index contributed by atoms with van der Waals surface area (Å²) in [5.74, 6) is -1.13. The highest BCUT2D eigenvalue weighted by molar-refractivity contribution is 6.29. The van der Waals surface area contributed by atoms with Crippen molar-refractivity contribution in [3.63, 3.8) is 0 Å². The molecular weight excluding hydrogens is 373 g/mol. The molecule has 0 aliphatic heterocycles. The quantitative estimate of drug-likeness (QED) is 0.669. The van der Waals surface area contributed by atoms with Crippen molar-refractivity contribution in [2.24, 2.45) is 7.05 Å². The van der Waals surface area contributed by atoms with Crippen LogP contribution in [0.25, 0.3) is 11.6 Å². The van der Waals surface area contributed by atoms with Crippen molar-refractivity contribution < 1.29 is 22.6 Å². The van der Waals surface area contributed by atoms with Crippen LogP contribution in [0.1, 0.15) is 5.56 Å². The van der Waals surface area contributed by atoms with Gasteiger partial charge in [0.05, 0.1) is 13.3 Å². The van der Waals surface area contributed by atoms with Crippen LogP contribution in [0.5, 0.6) is 17.5 Å². The van der Waals surface area contributed by atoms with Crippen LogP contribution in [0, 0.1) is 0 Å². The third-order valence-electron chi connectivity index (χ3n) is 3.41. The highest BCUT2D eigenvalue weighted by Gasteiger charge is 2.41. The summed E-state index contributed by atoms with van der Waals surface area (Å²) in [5.41, 5.74) is -1.21. The molecule has 0 aliphatic rings. The summed E-state index contributed by atoms with van der Waals surface area (Å²) in [6.07, 6.45) is -3.45. The zero-order chi connectivity index (χ0) is 18.9. The molecule has 1 aromatic carbocycles. The minimum atomic E-state index is -4.78. The third kappa shape index (κ3) is 3.43. The van der Waals surface area contributed by atoms with Crippen LogP contribution in [0.3, 0.4) is 0 Å². The number of ether oxygens (including phenoxy) is 2. The Bertz CT molecular complexity index is 929. The van der Waals surface area contributed by atoms with Crippen LogP contribution in [-0.2, 0) is 13.2 Å². The van der Waals surface area contributed by atoms with Gasteiger partial charge in [-0.2, -0.15) is 23.1 Å². The number of aromatic nitrogens is 4. The van der Waals surface area contributed by atoms with E-state index in [-0.39, 0.29) is 22.6 Å². The molecule has 0 fully saturated rings. The molecule has 26 heavy (non-hydrogen) atoms. The van der Waals surface area contributed by atoms with Crippen molar-refractivity contribution in [1.29, 1.82) is 0 Å². The van der Waals surface area contributed by atoms with Crippen LogP contribution >= 0.6 is 11.6 Å². The van der Waals surface area contributed by atoms with E-state index in [1.54, 1.807) is 25.2 Å². The van der Waals surface area contributed by atoms with E-state index in [1.165, 1.54) is 22.9 Å². The van der Waals surface area contributed by atoms with Gasteiger partial charge in [-0.05, 0) is 12.1 Å². The topological polar surface area (TPSA) is 62.1 Å². The maximum absolute atomic E-state index is 13.5. The Morgan fingerprint density at radius 2 is 1.73 bits per heavy atom. The first-order chi connectivity index (χ1) is 12.3. The molecule has 0 amide bonds. The molecule has 0 atom stereocenters. The molecule has 2 aromatic heterocycles. The molecule has 0 radical (unpaired) electrons. The van der Waals surface area contributed by atoms with Gasteiger partial charge in [0, 0.05) is 7.05 Å². The molecule has 0 spiro atoms. The Morgan fingerprint density at radius 1 is 1.08 bits per heavy atom. The van der Waals surface area contributed by atoms with E-state index in [1.807, 2.05) is 0 Å². The maximum atomic E-state index is 13.5. The first-order valence-electron chi connectivity index (χ1n) is 7.25. The predicted octanol–water partition coefficient (Wildman–Crippen LogP) is 4.35. The molecule has 2 heterocycles. The van der Waals surface area contributed by atoms with Gasteiger partial charge in [-0.25, -0.2) is 4.98 Å². The van der Waals surface area contributed by atoms with Crippen molar-refractivity contribution in [2.75, 3.05) is 7.11 Å². The predicted molar refractivity (Wildman–Crippen MR) is 87.3 cm³/mol. The molecule has 0 saturated carbocycles. The molecule has 0 N–H and O–H groups in total. The summed E-state index contributed by atoms with van der Waals surface area (Å²) in [5, 5.41) is 0.271.